The lowest BCUT2D eigenvalue weighted by atomic mass is 9.78. The molecular weight excluding hydrogens is 234 g/mol. The molecule has 1 aliphatic heterocycles. The predicted octanol–water partition coefficient (Wildman–Crippen LogP) is 3.72. The smallest absolute Gasteiger partial charge is 0.122 e. The Bertz CT molecular complexity index is 445. The van der Waals surface area contributed by atoms with Crippen molar-refractivity contribution in [3.8, 4) is 5.75 Å². The maximum Gasteiger partial charge on any atom is 0.122 e. The summed E-state index contributed by atoms with van der Waals surface area (Å²) >= 11 is 0. The van der Waals surface area contributed by atoms with Gasteiger partial charge in [-0.2, -0.15) is 0 Å². The first-order valence-electron chi connectivity index (χ1n) is 7.65. The number of rotatable bonds is 4. The molecule has 0 radical (unpaired) electrons. The van der Waals surface area contributed by atoms with E-state index in [2.05, 4.69) is 43.4 Å². The van der Waals surface area contributed by atoms with Gasteiger partial charge in [0.2, 0.25) is 0 Å². The van der Waals surface area contributed by atoms with Gasteiger partial charge in [0.05, 0.1) is 6.61 Å². The van der Waals surface area contributed by atoms with E-state index in [1.807, 2.05) is 0 Å². The van der Waals surface area contributed by atoms with E-state index < -0.39 is 0 Å². The lowest BCUT2D eigenvalue weighted by Crippen LogP contribution is -2.28. The average molecular weight is 259 g/mol. The average Bonchev–Trinajstić information content (AvgIpc) is 2.96. The standard InChI is InChI=1S/C17H25NO/c1-3-18-14-8-9-17(2,11-14)10-13-12-19-16-7-5-4-6-15(13)16/h4-7,13-14,18H,3,8-12H2,1-2H3. The van der Waals surface area contributed by atoms with E-state index in [0.717, 1.165) is 24.9 Å². The van der Waals surface area contributed by atoms with Crippen LogP contribution in [0.25, 0.3) is 0 Å². The molecule has 104 valence electrons. The molecule has 1 N–H and O–H groups in total. The van der Waals surface area contributed by atoms with Crippen molar-refractivity contribution in [2.75, 3.05) is 13.2 Å². The van der Waals surface area contributed by atoms with Gasteiger partial charge >= 0.3 is 0 Å². The maximum absolute atomic E-state index is 5.83. The molecule has 19 heavy (non-hydrogen) atoms. The summed E-state index contributed by atoms with van der Waals surface area (Å²) < 4.78 is 5.83. The molecule has 0 saturated heterocycles. The van der Waals surface area contributed by atoms with Gasteiger partial charge in [-0.1, -0.05) is 32.0 Å². The zero-order valence-corrected chi connectivity index (χ0v) is 12.1. The van der Waals surface area contributed by atoms with Gasteiger partial charge in [0, 0.05) is 17.5 Å². The Kier molecular flexibility index (Phi) is 3.53. The molecule has 2 nitrogen and oxygen atoms in total. The van der Waals surface area contributed by atoms with E-state index in [4.69, 9.17) is 4.74 Å². The normalized spacial score (nSPS) is 33.2. The summed E-state index contributed by atoms with van der Waals surface area (Å²) in [6, 6.07) is 9.28. The first-order chi connectivity index (χ1) is 9.20. The van der Waals surface area contributed by atoms with Gasteiger partial charge in [-0.25, -0.2) is 0 Å². The summed E-state index contributed by atoms with van der Waals surface area (Å²) in [6.45, 7) is 6.64. The maximum atomic E-state index is 5.83. The number of hydrogen-bond acceptors (Lipinski definition) is 2. The summed E-state index contributed by atoms with van der Waals surface area (Å²) in [4.78, 5) is 0. The van der Waals surface area contributed by atoms with Crippen molar-refractivity contribution in [1.29, 1.82) is 0 Å². The van der Waals surface area contributed by atoms with E-state index in [0.29, 0.717) is 11.3 Å². The quantitative estimate of drug-likeness (QED) is 0.889. The molecule has 1 fully saturated rings. The van der Waals surface area contributed by atoms with E-state index >= 15 is 0 Å². The number of hydrogen-bond donors (Lipinski definition) is 1. The largest absolute Gasteiger partial charge is 0.493 e. The molecule has 3 atom stereocenters. The Hall–Kier alpha value is -1.02. The number of benzene rings is 1. The molecule has 1 aromatic rings. The van der Waals surface area contributed by atoms with Crippen LogP contribution in [0.1, 0.15) is 51.0 Å². The Morgan fingerprint density at radius 3 is 3.05 bits per heavy atom. The minimum absolute atomic E-state index is 0.484. The molecular formula is C17H25NO. The third kappa shape index (κ3) is 2.64. The van der Waals surface area contributed by atoms with Crippen LogP contribution in [-0.2, 0) is 0 Å². The number of para-hydroxylation sites is 1. The molecule has 0 aromatic heterocycles. The van der Waals surface area contributed by atoms with Crippen molar-refractivity contribution in [3.05, 3.63) is 29.8 Å². The van der Waals surface area contributed by atoms with E-state index in [1.165, 1.54) is 31.2 Å². The van der Waals surface area contributed by atoms with E-state index in [1.54, 1.807) is 0 Å². The molecule has 0 amide bonds. The molecule has 1 heterocycles. The number of ether oxygens (including phenoxy) is 1. The monoisotopic (exact) mass is 259 g/mol. The Labute approximate surface area is 116 Å². The summed E-state index contributed by atoms with van der Waals surface area (Å²) in [6.07, 6.45) is 5.27. The Morgan fingerprint density at radius 1 is 1.37 bits per heavy atom. The van der Waals surface area contributed by atoms with Gasteiger partial charge in [0.25, 0.3) is 0 Å². The van der Waals surface area contributed by atoms with Crippen molar-refractivity contribution in [2.24, 2.45) is 5.41 Å². The summed E-state index contributed by atoms with van der Waals surface area (Å²) in [5.74, 6) is 1.71. The fourth-order valence-corrected chi connectivity index (χ4v) is 3.96. The van der Waals surface area contributed by atoms with Crippen molar-refractivity contribution in [2.45, 2.75) is 51.5 Å². The highest BCUT2D eigenvalue weighted by Gasteiger charge is 2.38. The van der Waals surface area contributed by atoms with Gasteiger partial charge in [-0.05, 0) is 43.7 Å². The van der Waals surface area contributed by atoms with Crippen LogP contribution in [0.2, 0.25) is 0 Å². The SMILES string of the molecule is CCNC1CCC(C)(CC2COc3ccccc32)C1. The first kappa shape index (κ1) is 13.0. The highest BCUT2D eigenvalue weighted by atomic mass is 16.5. The third-order valence-corrected chi connectivity index (χ3v) is 4.87. The second-order valence-corrected chi connectivity index (χ2v) is 6.56. The third-order valence-electron chi connectivity index (χ3n) is 4.87. The fourth-order valence-electron chi connectivity index (χ4n) is 3.96. The van der Waals surface area contributed by atoms with E-state index in [-0.39, 0.29) is 0 Å². The zero-order valence-electron chi connectivity index (χ0n) is 12.1. The van der Waals surface area contributed by atoms with E-state index in [9.17, 15) is 0 Å². The molecule has 0 spiro atoms. The zero-order chi connectivity index (χ0) is 13.3. The van der Waals surface area contributed by atoms with Gasteiger partial charge in [-0.15, -0.1) is 0 Å². The van der Waals surface area contributed by atoms with Crippen molar-refractivity contribution >= 4 is 0 Å². The van der Waals surface area contributed by atoms with Gasteiger partial charge in [-0.3, -0.25) is 0 Å². The molecule has 3 rings (SSSR count). The lowest BCUT2D eigenvalue weighted by Gasteiger charge is -2.27. The van der Waals surface area contributed by atoms with Gasteiger partial charge < -0.3 is 10.1 Å². The number of fused-ring (bicyclic) bond motifs is 1. The van der Waals surface area contributed by atoms with Crippen LogP contribution in [0.15, 0.2) is 24.3 Å². The van der Waals surface area contributed by atoms with Crippen molar-refractivity contribution < 1.29 is 4.74 Å². The number of nitrogens with one attached hydrogen (secondary N) is 1. The summed E-state index contributed by atoms with van der Waals surface area (Å²) in [7, 11) is 0. The Balaban J connectivity index is 1.67. The molecule has 2 aliphatic rings. The second-order valence-electron chi connectivity index (χ2n) is 6.56. The summed E-state index contributed by atoms with van der Waals surface area (Å²) in [5, 5.41) is 3.61. The molecule has 2 heteroatoms. The first-order valence-corrected chi connectivity index (χ1v) is 7.65. The van der Waals surface area contributed by atoms with Crippen LogP contribution in [0.3, 0.4) is 0 Å². The van der Waals surface area contributed by atoms with Crippen LogP contribution in [0.4, 0.5) is 0 Å². The second kappa shape index (κ2) is 5.16. The summed E-state index contributed by atoms with van der Waals surface area (Å²) in [5.41, 5.74) is 1.91. The van der Waals surface area contributed by atoms with Crippen molar-refractivity contribution in [3.63, 3.8) is 0 Å². The highest BCUT2D eigenvalue weighted by molar-refractivity contribution is 5.39. The highest BCUT2D eigenvalue weighted by Crippen LogP contribution is 2.47. The van der Waals surface area contributed by atoms with Crippen LogP contribution in [-0.4, -0.2) is 19.2 Å². The van der Waals surface area contributed by atoms with Crippen LogP contribution in [0, 0.1) is 5.41 Å². The lowest BCUT2D eigenvalue weighted by molar-refractivity contribution is 0.241. The topological polar surface area (TPSA) is 21.3 Å². The molecule has 1 aliphatic carbocycles. The van der Waals surface area contributed by atoms with Crippen molar-refractivity contribution in [1.82, 2.24) is 5.32 Å². The van der Waals surface area contributed by atoms with Crippen LogP contribution in [0.5, 0.6) is 5.75 Å². The van der Waals surface area contributed by atoms with Gasteiger partial charge in [0.15, 0.2) is 0 Å². The molecule has 1 aromatic carbocycles. The molecule has 0 bridgehead atoms. The molecule has 3 unspecified atom stereocenters. The minimum Gasteiger partial charge on any atom is -0.493 e. The van der Waals surface area contributed by atoms with Crippen LogP contribution < -0.4 is 10.1 Å². The molecule has 1 saturated carbocycles. The predicted molar refractivity (Wildman–Crippen MR) is 78.7 cm³/mol. The minimum atomic E-state index is 0.484. The fraction of sp³-hybridized carbons (Fsp3) is 0.647. The Morgan fingerprint density at radius 2 is 2.21 bits per heavy atom. The van der Waals surface area contributed by atoms with Crippen LogP contribution >= 0.6 is 0 Å². The van der Waals surface area contributed by atoms with Gasteiger partial charge in [0.1, 0.15) is 5.75 Å².